The molecule has 10 heteroatoms. The number of esters is 1. The first-order chi connectivity index (χ1) is 14.5. The molecule has 164 valence electrons. The Labute approximate surface area is 180 Å². The van der Waals surface area contributed by atoms with Crippen LogP contribution in [-0.2, 0) is 16.2 Å². The molecule has 1 saturated heterocycles. The third-order valence-electron chi connectivity index (χ3n) is 5.06. The number of benzene rings is 1. The second-order valence-electron chi connectivity index (χ2n) is 6.87. The second-order valence-corrected chi connectivity index (χ2v) is 7.22. The summed E-state index contributed by atoms with van der Waals surface area (Å²) < 4.78 is 28.6. The Hall–Kier alpha value is -2.59. The van der Waals surface area contributed by atoms with E-state index in [9.17, 15) is 4.79 Å². The molecule has 0 spiro atoms. The summed E-state index contributed by atoms with van der Waals surface area (Å²) in [7, 11) is 4.65. The van der Waals surface area contributed by atoms with E-state index >= 15 is 0 Å². The van der Waals surface area contributed by atoms with E-state index in [1.165, 1.54) is 0 Å². The summed E-state index contributed by atoms with van der Waals surface area (Å²) in [5, 5.41) is 4.52. The molecule has 2 aromatic rings. The highest BCUT2D eigenvalue weighted by molar-refractivity contribution is 7.71. The van der Waals surface area contributed by atoms with E-state index in [4.69, 9.17) is 35.6 Å². The standard InChI is InChI=1S/C20H27N3O6S/c1-5-28-19(24)13-6-8-22(9-7-13)12-23-20(30)29-18(21-23)14-10-15(25-2)17(27-4)16(11-14)26-3/h10-11,13H,5-9,12H2,1-4H3. The van der Waals surface area contributed by atoms with Crippen LogP contribution in [-0.4, -0.2) is 61.7 Å². The van der Waals surface area contributed by atoms with Gasteiger partial charge in [-0.3, -0.25) is 9.69 Å². The first kappa shape index (κ1) is 22.1. The quantitative estimate of drug-likeness (QED) is 0.456. The Balaban J connectivity index is 1.74. The van der Waals surface area contributed by atoms with Crippen LogP contribution in [0.1, 0.15) is 19.8 Å². The van der Waals surface area contributed by atoms with Gasteiger partial charge in [0.25, 0.3) is 4.84 Å². The van der Waals surface area contributed by atoms with E-state index in [-0.39, 0.29) is 16.7 Å². The van der Waals surface area contributed by atoms with E-state index in [0.717, 1.165) is 25.9 Å². The van der Waals surface area contributed by atoms with E-state index < -0.39 is 0 Å². The van der Waals surface area contributed by atoms with Crippen molar-refractivity contribution in [2.75, 3.05) is 41.0 Å². The summed E-state index contributed by atoms with van der Waals surface area (Å²) in [5.74, 6) is 1.71. The monoisotopic (exact) mass is 437 g/mol. The topological polar surface area (TPSA) is 88.2 Å². The molecule has 2 heterocycles. The highest BCUT2D eigenvalue weighted by Crippen LogP contribution is 2.40. The second kappa shape index (κ2) is 9.94. The number of nitrogens with zero attached hydrogens (tertiary/aromatic N) is 3. The molecule has 0 unspecified atom stereocenters. The average Bonchev–Trinajstić information content (AvgIpc) is 3.13. The van der Waals surface area contributed by atoms with Gasteiger partial charge in [-0.25, -0.2) is 4.68 Å². The minimum absolute atomic E-state index is 0.0405. The van der Waals surface area contributed by atoms with Gasteiger partial charge in [0.05, 0.1) is 40.5 Å². The molecule has 1 aliphatic heterocycles. The fraction of sp³-hybridized carbons (Fsp3) is 0.550. The zero-order chi connectivity index (χ0) is 21.7. The third kappa shape index (κ3) is 4.76. The molecule has 30 heavy (non-hydrogen) atoms. The molecule has 0 bridgehead atoms. The molecule has 0 aliphatic carbocycles. The number of methoxy groups -OCH3 is 3. The number of hydrogen-bond donors (Lipinski definition) is 0. The van der Waals surface area contributed by atoms with E-state index in [1.807, 2.05) is 6.92 Å². The van der Waals surface area contributed by atoms with Gasteiger partial charge in [-0.15, -0.1) is 5.10 Å². The van der Waals surface area contributed by atoms with Gasteiger partial charge in [0.1, 0.15) is 0 Å². The number of likely N-dealkylation sites (tertiary alicyclic amines) is 1. The molecule has 0 radical (unpaired) electrons. The van der Waals surface area contributed by atoms with Crippen LogP contribution in [0.3, 0.4) is 0 Å². The number of rotatable bonds is 8. The summed E-state index contributed by atoms with van der Waals surface area (Å²) in [6.45, 7) is 4.25. The van der Waals surface area contributed by atoms with Gasteiger partial charge in [-0.1, -0.05) is 0 Å². The van der Waals surface area contributed by atoms with Gasteiger partial charge in [-0.2, -0.15) is 0 Å². The Morgan fingerprint density at radius 1 is 1.17 bits per heavy atom. The Morgan fingerprint density at radius 3 is 2.33 bits per heavy atom. The lowest BCUT2D eigenvalue weighted by molar-refractivity contribution is -0.149. The molecule has 0 saturated carbocycles. The smallest absolute Gasteiger partial charge is 0.309 e. The van der Waals surface area contributed by atoms with Crippen molar-refractivity contribution in [2.45, 2.75) is 26.4 Å². The molecule has 1 aromatic heterocycles. The van der Waals surface area contributed by atoms with Crippen LogP contribution in [0.2, 0.25) is 0 Å². The first-order valence-electron chi connectivity index (χ1n) is 9.78. The normalized spacial score (nSPS) is 15.1. The number of ether oxygens (including phenoxy) is 4. The number of carbonyl (C=O) groups excluding carboxylic acids is 1. The van der Waals surface area contributed by atoms with E-state index in [0.29, 0.717) is 42.0 Å². The third-order valence-corrected chi connectivity index (χ3v) is 5.35. The van der Waals surface area contributed by atoms with Gasteiger partial charge >= 0.3 is 5.97 Å². The van der Waals surface area contributed by atoms with Crippen molar-refractivity contribution >= 4 is 18.2 Å². The zero-order valence-electron chi connectivity index (χ0n) is 17.7. The average molecular weight is 438 g/mol. The van der Waals surface area contributed by atoms with Gasteiger partial charge in [0.15, 0.2) is 11.5 Å². The van der Waals surface area contributed by atoms with Crippen molar-refractivity contribution in [1.82, 2.24) is 14.7 Å². The van der Waals surface area contributed by atoms with Crippen molar-refractivity contribution < 1.29 is 28.2 Å². The van der Waals surface area contributed by atoms with Crippen molar-refractivity contribution in [3.63, 3.8) is 0 Å². The number of hydrogen-bond acceptors (Lipinski definition) is 9. The van der Waals surface area contributed by atoms with Crippen LogP contribution in [0, 0.1) is 10.8 Å². The Morgan fingerprint density at radius 2 is 1.80 bits per heavy atom. The van der Waals surface area contributed by atoms with Crippen molar-refractivity contribution in [3.8, 4) is 28.7 Å². The number of aromatic nitrogens is 2. The summed E-state index contributed by atoms with van der Waals surface area (Å²) >= 11 is 5.36. The van der Waals surface area contributed by atoms with Crippen LogP contribution in [0.5, 0.6) is 17.2 Å². The Bertz CT molecular complexity index is 908. The predicted molar refractivity (Wildman–Crippen MR) is 111 cm³/mol. The van der Waals surface area contributed by atoms with Gasteiger partial charge in [0.2, 0.25) is 11.6 Å². The molecule has 1 fully saturated rings. The van der Waals surface area contributed by atoms with Crippen LogP contribution in [0.4, 0.5) is 0 Å². The minimum Gasteiger partial charge on any atom is -0.493 e. The molecule has 0 N–H and O–H groups in total. The zero-order valence-corrected chi connectivity index (χ0v) is 18.5. The lowest BCUT2D eigenvalue weighted by Crippen LogP contribution is -2.38. The fourth-order valence-corrected chi connectivity index (χ4v) is 3.65. The van der Waals surface area contributed by atoms with Crippen molar-refractivity contribution in [1.29, 1.82) is 0 Å². The molecule has 9 nitrogen and oxygen atoms in total. The SMILES string of the molecule is CCOC(=O)C1CCN(Cn2nc(-c3cc(OC)c(OC)c(OC)c3)oc2=S)CC1. The van der Waals surface area contributed by atoms with Gasteiger partial charge in [0, 0.05) is 18.7 Å². The molecular weight excluding hydrogens is 410 g/mol. The first-order valence-corrected chi connectivity index (χ1v) is 10.2. The summed E-state index contributed by atoms with van der Waals surface area (Å²) in [6, 6.07) is 3.52. The Kier molecular flexibility index (Phi) is 7.33. The molecule has 0 atom stereocenters. The maximum Gasteiger partial charge on any atom is 0.309 e. The maximum atomic E-state index is 11.9. The van der Waals surface area contributed by atoms with Crippen molar-refractivity contribution in [2.24, 2.45) is 5.92 Å². The molecule has 0 amide bonds. The van der Waals surface area contributed by atoms with Gasteiger partial charge < -0.3 is 23.4 Å². The van der Waals surface area contributed by atoms with Crippen molar-refractivity contribution in [3.05, 3.63) is 17.0 Å². The highest BCUT2D eigenvalue weighted by Gasteiger charge is 2.26. The number of piperidine rings is 1. The van der Waals surface area contributed by atoms with Gasteiger partial charge in [-0.05, 0) is 44.1 Å². The van der Waals surface area contributed by atoms with Crippen LogP contribution < -0.4 is 14.2 Å². The molecule has 1 aliphatic rings. The van der Waals surface area contributed by atoms with Crippen LogP contribution in [0.15, 0.2) is 16.5 Å². The fourth-order valence-electron chi connectivity index (χ4n) is 3.48. The van der Waals surface area contributed by atoms with E-state index in [1.54, 1.807) is 38.1 Å². The predicted octanol–water partition coefficient (Wildman–Crippen LogP) is 3.13. The molecule has 3 rings (SSSR count). The summed E-state index contributed by atoms with van der Waals surface area (Å²) in [6.07, 6.45) is 1.51. The summed E-state index contributed by atoms with van der Waals surface area (Å²) in [5.41, 5.74) is 0.662. The minimum atomic E-state index is -0.111. The number of carbonyl (C=O) groups is 1. The highest BCUT2D eigenvalue weighted by atomic mass is 32.1. The lowest BCUT2D eigenvalue weighted by Gasteiger charge is -2.30. The summed E-state index contributed by atoms with van der Waals surface area (Å²) in [4.78, 5) is 14.4. The maximum absolute atomic E-state index is 11.9. The largest absolute Gasteiger partial charge is 0.493 e. The molecule has 1 aromatic carbocycles. The van der Waals surface area contributed by atoms with Crippen LogP contribution in [0.25, 0.3) is 11.5 Å². The van der Waals surface area contributed by atoms with Crippen LogP contribution >= 0.6 is 12.2 Å². The lowest BCUT2D eigenvalue weighted by atomic mass is 9.97. The molecular formula is C20H27N3O6S. The van der Waals surface area contributed by atoms with E-state index in [2.05, 4.69) is 10.00 Å².